The second-order valence-electron chi connectivity index (χ2n) is 7.91. The number of furan rings is 1. The topological polar surface area (TPSA) is 59.5 Å². The van der Waals surface area contributed by atoms with E-state index in [0.29, 0.717) is 11.3 Å². The first kappa shape index (κ1) is 17.2. The van der Waals surface area contributed by atoms with Crippen LogP contribution in [0.2, 0.25) is 0 Å². The lowest BCUT2D eigenvalue weighted by molar-refractivity contribution is 0.403. The Morgan fingerprint density at radius 1 is 1.04 bits per heavy atom. The molecule has 28 heavy (non-hydrogen) atoms. The van der Waals surface area contributed by atoms with Crippen molar-refractivity contribution in [3.63, 3.8) is 0 Å². The SMILES string of the molecule is Cc1ncc(CN(C)C)c2cc(-c3cc(=O)oc4cc5c(cc34)CCC5)oc12. The van der Waals surface area contributed by atoms with Crippen LogP contribution in [0.4, 0.5) is 0 Å². The summed E-state index contributed by atoms with van der Waals surface area (Å²) >= 11 is 0. The van der Waals surface area contributed by atoms with Gasteiger partial charge in [0.2, 0.25) is 0 Å². The van der Waals surface area contributed by atoms with E-state index >= 15 is 0 Å². The summed E-state index contributed by atoms with van der Waals surface area (Å²) in [5, 5.41) is 1.97. The average Bonchev–Trinajstić information content (AvgIpc) is 3.28. The Morgan fingerprint density at radius 2 is 1.82 bits per heavy atom. The van der Waals surface area contributed by atoms with Gasteiger partial charge in [0.15, 0.2) is 5.58 Å². The van der Waals surface area contributed by atoms with Crippen LogP contribution in [-0.4, -0.2) is 24.0 Å². The van der Waals surface area contributed by atoms with E-state index in [1.807, 2.05) is 39.3 Å². The quantitative estimate of drug-likeness (QED) is 0.496. The highest BCUT2D eigenvalue weighted by atomic mass is 16.4. The molecule has 0 unspecified atom stereocenters. The molecule has 0 fully saturated rings. The van der Waals surface area contributed by atoms with Crippen molar-refractivity contribution >= 4 is 21.9 Å². The van der Waals surface area contributed by atoms with E-state index in [-0.39, 0.29) is 5.63 Å². The molecule has 0 spiro atoms. The minimum Gasteiger partial charge on any atom is -0.454 e. The third-order valence-corrected chi connectivity index (χ3v) is 5.53. The summed E-state index contributed by atoms with van der Waals surface area (Å²) in [4.78, 5) is 18.8. The molecule has 5 nitrogen and oxygen atoms in total. The number of fused-ring (bicyclic) bond motifs is 3. The van der Waals surface area contributed by atoms with E-state index in [4.69, 9.17) is 8.83 Å². The van der Waals surface area contributed by atoms with Gasteiger partial charge in [-0.3, -0.25) is 4.98 Å². The fraction of sp³-hybridized carbons (Fsp3) is 0.304. The van der Waals surface area contributed by atoms with Gasteiger partial charge in [-0.1, -0.05) is 0 Å². The Bertz CT molecular complexity index is 1280. The highest BCUT2D eigenvalue weighted by Gasteiger charge is 2.19. The number of pyridine rings is 1. The molecule has 5 heteroatoms. The predicted molar refractivity (Wildman–Crippen MR) is 110 cm³/mol. The number of benzene rings is 1. The summed E-state index contributed by atoms with van der Waals surface area (Å²) in [7, 11) is 4.06. The second-order valence-corrected chi connectivity index (χ2v) is 7.91. The molecule has 0 bridgehead atoms. The Kier molecular flexibility index (Phi) is 3.88. The number of aromatic nitrogens is 1. The third kappa shape index (κ3) is 2.74. The number of hydrogen-bond donors (Lipinski definition) is 0. The zero-order chi connectivity index (χ0) is 19.4. The molecular formula is C23H22N2O3. The molecule has 1 aromatic carbocycles. The van der Waals surface area contributed by atoms with Crippen molar-refractivity contribution in [3.8, 4) is 11.3 Å². The van der Waals surface area contributed by atoms with Crippen molar-refractivity contribution in [2.45, 2.75) is 32.7 Å². The predicted octanol–water partition coefficient (Wildman–Crippen LogP) is 4.46. The zero-order valence-electron chi connectivity index (χ0n) is 16.3. The van der Waals surface area contributed by atoms with Crippen LogP contribution >= 0.6 is 0 Å². The van der Waals surface area contributed by atoms with Crippen LogP contribution < -0.4 is 5.63 Å². The first-order chi connectivity index (χ1) is 13.5. The molecule has 1 aliphatic rings. The molecule has 0 saturated carbocycles. The smallest absolute Gasteiger partial charge is 0.336 e. The van der Waals surface area contributed by atoms with Gasteiger partial charge in [0, 0.05) is 35.1 Å². The normalized spacial score (nSPS) is 13.7. The van der Waals surface area contributed by atoms with Crippen molar-refractivity contribution < 1.29 is 8.83 Å². The summed E-state index contributed by atoms with van der Waals surface area (Å²) in [6.07, 6.45) is 5.17. The van der Waals surface area contributed by atoms with E-state index in [1.165, 1.54) is 17.2 Å². The Balaban J connectivity index is 1.77. The van der Waals surface area contributed by atoms with Gasteiger partial charge in [0.25, 0.3) is 0 Å². The zero-order valence-corrected chi connectivity index (χ0v) is 16.3. The summed E-state index contributed by atoms with van der Waals surface area (Å²) < 4.78 is 11.7. The Labute approximate surface area is 162 Å². The fourth-order valence-electron chi connectivity index (χ4n) is 4.23. The number of nitrogens with zero attached hydrogens (tertiary/aromatic N) is 2. The number of hydrogen-bond acceptors (Lipinski definition) is 5. The lowest BCUT2D eigenvalue weighted by atomic mass is 10.0. The Hall–Kier alpha value is -2.92. The van der Waals surface area contributed by atoms with Gasteiger partial charge < -0.3 is 13.7 Å². The van der Waals surface area contributed by atoms with E-state index in [1.54, 1.807) is 0 Å². The van der Waals surface area contributed by atoms with Gasteiger partial charge in [-0.15, -0.1) is 0 Å². The molecular weight excluding hydrogens is 352 g/mol. The van der Waals surface area contributed by atoms with E-state index < -0.39 is 0 Å². The summed E-state index contributed by atoms with van der Waals surface area (Å²) in [5.41, 5.74) is 6.40. The van der Waals surface area contributed by atoms with Crippen LogP contribution in [0, 0.1) is 6.92 Å². The number of aryl methyl sites for hydroxylation is 3. The highest BCUT2D eigenvalue weighted by molar-refractivity contribution is 5.96. The molecule has 0 atom stereocenters. The van der Waals surface area contributed by atoms with Crippen LogP contribution in [0.1, 0.15) is 28.8 Å². The number of rotatable bonds is 3. The van der Waals surface area contributed by atoms with Gasteiger partial charge in [-0.25, -0.2) is 4.79 Å². The Morgan fingerprint density at radius 3 is 2.61 bits per heavy atom. The minimum atomic E-state index is -0.357. The van der Waals surface area contributed by atoms with E-state index in [0.717, 1.165) is 59.0 Å². The first-order valence-corrected chi connectivity index (χ1v) is 9.62. The molecule has 4 aromatic rings. The molecule has 0 N–H and O–H groups in total. The molecule has 0 radical (unpaired) electrons. The van der Waals surface area contributed by atoms with Gasteiger partial charge in [-0.05, 0) is 75.2 Å². The summed E-state index contributed by atoms with van der Waals surface area (Å²) in [5.74, 6) is 0.682. The summed E-state index contributed by atoms with van der Waals surface area (Å²) in [6, 6.07) is 7.75. The van der Waals surface area contributed by atoms with Crippen molar-refractivity contribution in [1.82, 2.24) is 9.88 Å². The lowest BCUT2D eigenvalue weighted by Crippen LogP contribution is -2.11. The summed E-state index contributed by atoms with van der Waals surface area (Å²) in [6.45, 7) is 2.72. The van der Waals surface area contributed by atoms with Gasteiger partial charge >= 0.3 is 5.63 Å². The van der Waals surface area contributed by atoms with Crippen molar-refractivity contribution in [1.29, 1.82) is 0 Å². The maximum absolute atomic E-state index is 12.2. The van der Waals surface area contributed by atoms with Gasteiger partial charge in [0.05, 0.1) is 5.69 Å². The van der Waals surface area contributed by atoms with Crippen molar-refractivity contribution in [2.24, 2.45) is 0 Å². The maximum Gasteiger partial charge on any atom is 0.336 e. The first-order valence-electron chi connectivity index (χ1n) is 9.62. The van der Waals surface area contributed by atoms with Crippen molar-refractivity contribution in [3.05, 3.63) is 63.3 Å². The van der Waals surface area contributed by atoms with E-state index in [2.05, 4.69) is 16.0 Å². The third-order valence-electron chi connectivity index (χ3n) is 5.53. The van der Waals surface area contributed by atoms with Crippen LogP contribution in [0.15, 0.2) is 44.1 Å². The molecule has 0 amide bonds. The molecule has 5 rings (SSSR count). The fourth-order valence-corrected chi connectivity index (χ4v) is 4.23. The monoisotopic (exact) mass is 374 g/mol. The second kappa shape index (κ2) is 6.31. The molecule has 3 aromatic heterocycles. The van der Waals surface area contributed by atoms with Gasteiger partial charge in [0.1, 0.15) is 11.3 Å². The molecule has 1 aliphatic carbocycles. The standard InChI is InChI=1S/C23H22N2O3/c1-13-23-17(16(11-24-13)12-25(2)3)9-21(28-23)19-10-22(26)27-20-8-15-6-4-5-14(15)7-18(19)20/h7-11H,4-6,12H2,1-3H3. The van der Waals surface area contributed by atoms with E-state index in [9.17, 15) is 4.79 Å². The van der Waals surface area contributed by atoms with Crippen LogP contribution in [0.5, 0.6) is 0 Å². The van der Waals surface area contributed by atoms with Crippen molar-refractivity contribution in [2.75, 3.05) is 14.1 Å². The molecule has 0 aliphatic heterocycles. The maximum atomic E-state index is 12.2. The van der Waals surface area contributed by atoms with Crippen LogP contribution in [0.25, 0.3) is 33.3 Å². The average molecular weight is 374 g/mol. The minimum absolute atomic E-state index is 0.357. The molecule has 142 valence electrons. The molecule has 0 saturated heterocycles. The van der Waals surface area contributed by atoms with Crippen LogP contribution in [-0.2, 0) is 19.4 Å². The van der Waals surface area contributed by atoms with Gasteiger partial charge in [-0.2, -0.15) is 0 Å². The largest absolute Gasteiger partial charge is 0.454 e. The lowest BCUT2D eigenvalue weighted by Gasteiger charge is -2.10. The molecule has 3 heterocycles. The van der Waals surface area contributed by atoms with Crippen LogP contribution in [0.3, 0.4) is 0 Å². The highest BCUT2D eigenvalue weighted by Crippen LogP contribution is 2.36.